The zero-order valence-electron chi connectivity index (χ0n) is 14.9. The molecular weight excluding hydrogens is 374 g/mol. The minimum absolute atomic E-state index is 0.0234. The lowest BCUT2D eigenvalue weighted by atomic mass is 10.1. The second kappa shape index (κ2) is 8.50. The smallest absolute Gasteiger partial charge is 0.339 e. The summed E-state index contributed by atoms with van der Waals surface area (Å²) in [5.41, 5.74) is 0.478. The molecule has 2 aromatic carbocycles. The van der Waals surface area contributed by atoms with E-state index in [1.54, 1.807) is 43.3 Å². The van der Waals surface area contributed by atoms with E-state index in [4.69, 9.17) is 16.3 Å². The Bertz CT molecular complexity index is 885. The highest BCUT2D eigenvalue weighted by molar-refractivity contribution is 6.33. The number of ether oxygens (including phenoxy) is 1. The number of nitrogens with one attached hydrogen (secondary N) is 1. The van der Waals surface area contributed by atoms with Gasteiger partial charge in [0.05, 0.1) is 21.2 Å². The number of hydrogen-bond acceptors (Lipinski definition) is 6. The number of nitro benzene ring substituents is 1. The zero-order chi connectivity index (χ0) is 20.1. The fourth-order valence-electron chi connectivity index (χ4n) is 2.25. The van der Waals surface area contributed by atoms with Crippen molar-refractivity contribution in [3.63, 3.8) is 0 Å². The van der Waals surface area contributed by atoms with Crippen molar-refractivity contribution in [1.29, 1.82) is 0 Å². The minimum atomic E-state index is -1.12. The lowest BCUT2D eigenvalue weighted by molar-refractivity contribution is -0.384. The van der Waals surface area contributed by atoms with E-state index < -0.39 is 22.9 Å². The molecular formula is C18H18ClN3O5. The molecule has 0 saturated heterocycles. The molecule has 0 radical (unpaired) electrons. The van der Waals surface area contributed by atoms with Crippen LogP contribution in [0.1, 0.15) is 17.3 Å². The fourth-order valence-corrected chi connectivity index (χ4v) is 2.44. The van der Waals surface area contributed by atoms with Crippen LogP contribution >= 0.6 is 11.6 Å². The van der Waals surface area contributed by atoms with Gasteiger partial charge in [0, 0.05) is 20.2 Å². The van der Waals surface area contributed by atoms with Gasteiger partial charge in [0.1, 0.15) is 5.69 Å². The van der Waals surface area contributed by atoms with Crippen molar-refractivity contribution in [3.05, 3.63) is 63.2 Å². The van der Waals surface area contributed by atoms with Gasteiger partial charge in [0.2, 0.25) is 0 Å². The molecule has 0 aliphatic heterocycles. The molecule has 1 atom stereocenters. The Morgan fingerprint density at radius 2 is 1.89 bits per heavy atom. The fraction of sp³-hybridized carbons (Fsp3) is 0.222. The molecule has 0 aliphatic rings. The highest BCUT2D eigenvalue weighted by Crippen LogP contribution is 2.28. The molecule has 9 heteroatoms. The molecule has 0 saturated carbocycles. The van der Waals surface area contributed by atoms with Crippen molar-refractivity contribution in [2.75, 3.05) is 24.3 Å². The van der Waals surface area contributed by atoms with E-state index in [1.165, 1.54) is 19.1 Å². The molecule has 142 valence electrons. The Morgan fingerprint density at radius 3 is 2.48 bits per heavy atom. The number of rotatable bonds is 6. The second-order valence-electron chi connectivity index (χ2n) is 5.87. The van der Waals surface area contributed by atoms with Gasteiger partial charge in [-0.05, 0) is 31.2 Å². The van der Waals surface area contributed by atoms with Crippen LogP contribution in [0.3, 0.4) is 0 Å². The van der Waals surface area contributed by atoms with E-state index in [1.807, 2.05) is 0 Å². The molecule has 0 aliphatic carbocycles. The van der Waals surface area contributed by atoms with Crippen LogP contribution < -0.4 is 10.2 Å². The number of benzene rings is 2. The van der Waals surface area contributed by atoms with Gasteiger partial charge < -0.3 is 15.0 Å². The molecule has 0 heterocycles. The van der Waals surface area contributed by atoms with Crippen LogP contribution in [-0.4, -0.2) is 37.0 Å². The van der Waals surface area contributed by atoms with Crippen LogP contribution in [-0.2, 0) is 9.53 Å². The number of carbonyl (C=O) groups excluding carboxylic acids is 2. The van der Waals surface area contributed by atoms with Crippen molar-refractivity contribution < 1.29 is 19.2 Å². The summed E-state index contributed by atoms with van der Waals surface area (Å²) in [7, 11) is 3.31. The summed E-state index contributed by atoms with van der Waals surface area (Å²) in [5, 5.41) is 14.1. The molecule has 1 unspecified atom stereocenters. The Hall–Kier alpha value is -3.13. The standard InChI is InChI=1S/C18H18ClN3O5/c1-11(17(23)20-14-7-5-4-6-13(14)19)27-18(24)12-8-9-15(21(2)3)16(10-12)22(25)26/h4-11H,1-3H3,(H,20,23). The summed E-state index contributed by atoms with van der Waals surface area (Å²) in [4.78, 5) is 36.7. The van der Waals surface area contributed by atoms with Crippen LogP contribution in [0.25, 0.3) is 0 Å². The van der Waals surface area contributed by atoms with Crippen LogP contribution in [0.5, 0.6) is 0 Å². The minimum Gasteiger partial charge on any atom is -0.449 e. The molecule has 2 rings (SSSR count). The van der Waals surface area contributed by atoms with Gasteiger partial charge in [0.25, 0.3) is 11.6 Å². The highest BCUT2D eigenvalue weighted by Gasteiger charge is 2.23. The van der Waals surface area contributed by atoms with Crippen LogP contribution in [0.4, 0.5) is 17.1 Å². The first-order valence-corrected chi connectivity index (χ1v) is 8.30. The molecule has 8 nitrogen and oxygen atoms in total. The SMILES string of the molecule is CC(OC(=O)c1ccc(N(C)C)c([N+](=O)[O-])c1)C(=O)Nc1ccccc1Cl. The second-order valence-corrected chi connectivity index (χ2v) is 6.28. The molecule has 27 heavy (non-hydrogen) atoms. The Morgan fingerprint density at radius 1 is 1.22 bits per heavy atom. The predicted molar refractivity (Wildman–Crippen MR) is 102 cm³/mol. The Kier molecular flexibility index (Phi) is 6.36. The largest absolute Gasteiger partial charge is 0.449 e. The number of hydrogen-bond donors (Lipinski definition) is 1. The third-order valence-corrected chi connectivity index (χ3v) is 4.00. The number of nitro groups is 1. The third kappa shape index (κ3) is 4.95. The average molecular weight is 392 g/mol. The number of carbonyl (C=O) groups is 2. The Labute approximate surface area is 160 Å². The lowest BCUT2D eigenvalue weighted by Crippen LogP contribution is -2.30. The van der Waals surface area contributed by atoms with Gasteiger partial charge in [0.15, 0.2) is 6.10 Å². The first kappa shape index (κ1) is 20.2. The van der Waals surface area contributed by atoms with E-state index >= 15 is 0 Å². The summed E-state index contributed by atoms with van der Waals surface area (Å²) in [6.45, 7) is 1.40. The molecule has 0 aromatic heterocycles. The summed E-state index contributed by atoms with van der Waals surface area (Å²) in [5.74, 6) is -1.42. The van der Waals surface area contributed by atoms with Gasteiger partial charge in [-0.1, -0.05) is 23.7 Å². The van der Waals surface area contributed by atoms with Crippen LogP contribution in [0.2, 0.25) is 5.02 Å². The van der Waals surface area contributed by atoms with Crippen molar-refractivity contribution in [3.8, 4) is 0 Å². The zero-order valence-corrected chi connectivity index (χ0v) is 15.7. The normalized spacial score (nSPS) is 11.4. The van der Waals surface area contributed by atoms with Crippen LogP contribution in [0, 0.1) is 10.1 Å². The van der Waals surface area contributed by atoms with E-state index in [2.05, 4.69) is 5.32 Å². The van der Waals surface area contributed by atoms with Crippen molar-refractivity contribution >= 4 is 40.5 Å². The number of amides is 1. The number of halogens is 1. The highest BCUT2D eigenvalue weighted by atomic mass is 35.5. The van der Waals surface area contributed by atoms with Gasteiger partial charge in [-0.2, -0.15) is 0 Å². The van der Waals surface area contributed by atoms with Gasteiger partial charge in [-0.3, -0.25) is 14.9 Å². The summed E-state index contributed by atoms with van der Waals surface area (Å²) in [6.07, 6.45) is -1.12. The quantitative estimate of drug-likeness (QED) is 0.459. The summed E-state index contributed by atoms with van der Waals surface area (Å²) >= 11 is 5.97. The van der Waals surface area contributed by atoms with E-state index in [9.17, 15) is 19.7 Å². The van der Waals surface area contributed by atoms with Crippen molar-refractivity contribution in [2.45, 2.75) is 13.0 Å². The molecule has 2 aromatic rings. The van der Waals surface area contributed by atoms with E-state index in [0.717, 1.165) is 6.07 Å². The van der Waals surface area contributed by atoms with Gasteiger partial charge in [-0.15, -0.1) is 0 Å². The first-order chi connectivity index (χ1) is 12.7. The molecule has 0 fully saturated rings. The lowest BCUT2D eigenvalue weighted by Gasteiger charge is -2.15. The molecule has 1 N–H and O–H groups in total. The maximum absolute atomic E-state index is 12.3. The maximum atomic E-state index is 12.3. The number of nitrogens with zero attached hydrogens (tertiary/aromatic N) is 2. The molecule has 0 spiro atoms. The topological polar surface area (TPSA) is 102 Å². The van der Waals surface area contributed by atoms with Gasteiger partial charge in [-0.25, -0.2) is 4.79 Å². The maximum Gasteiger partial charge on any atom is 0.339 e. The molecule has 0 bridgehead atoms. The number of esters is 1. The van der Waals surface area contributed by atoms with Crippen molar-refractivity contribution in [2.24, 2.45) is 0 Å². The Balaban J connectivity index is 2.12. The molecule has 1 amide bonds. The monoisotopic (exact) mass is 391 g/mol. The number of anilines is 2. The van der Waals surface area contributed by atoms with Crippen LogP contribution in [0.15, 0.2) is 42.5 Å². The third-order valence-electron chi connectivity index (χ3n) is 3.67. The first-order valence-electron chi connectivity index (χ1n) is 7.93. The number of para-hydroxylation sites is 1. The van der Waals surface area contributed by atoms with E-state index in [0.29, 0.717) is 16.4 Å². The van der Waals surface area contributed by atoms with E-state index in [-0.39, 0.29) is 11.3 Å². The summed E-state index contributed by atoms with van der Waals surface area (Å²) in [6, 6.07) is 10.6. The van der Waals surface area contributed by atoms with Crippen molar-refractivity contribution in [1.82, 2.24) is 0 Å². The van der Waals surface area contributed by atoms with Gasteiger partial charge >= 0.3 is 5.97 Å². The summed E-state index contributed by atoms with van der Waals surface area (Å²) < 4.78 is 5.12. The predicted octanol–water partition coefficient (Wildman–Crippen LogP) is 3.50. The average Bonchev–Trinajstić information content (AvgIpc) is 2.62.